The molecule has 0 spiro atoms. The topological polar surface area (TPSA) is 94.2 Å². The Bertz CT molecular complexity index is 1080. The van der Waals surface area contributed by atoms with E-state index >= 15 is 0 Å². The summed E-state index contributed by atoms with van der Waals surface area (Å²) in [5, 5.41) is 3.05. The van der Waals surface area contributed by atoms with Crippen molar-refractivity contribution in [1.29, 1.82) is 0 Å². The fraction of sp³-hybridized carbons (Fsp3) is 0.435. The van der Waals surface area contributed by atoms with Crippen molar-refractivity contribution < 1.29 is 27.4 Å². The molecule has 172 valence electrons. The van der Waals surface area contributed by atoms with E-state index in [1.54, 1.807) is 12.1 Å². The monoisotopic (exact) mass is 460 g/mol. The van der Waals surface area contributed by atoms with E-state index in [4.69, 9.17) is 14.2 Å². The lowest BCUT2D eigenvalue weighted by Gasteiger charge is -2.26. The lowest BCUT2D eigenvalue weighted by molar-refractivity contribution is 0.0730. The number of hydrogen-bond donors (Lipinski definition) is 1. The van der Waals surface area contributed by atoms with Gasteiger partial charge >= 0.3 is 0 Å². The Labute approximate surface area is 188 Å². The Balaban J connectivity index is 1.55. The summed E-state index contributed by atoms with van der Waals surface area (Å²) in [6.45, 7) is 6.37. The highest BCUT2D eigenvalue weighted by molar-refractivity contribution is 7.89. The molecule has 1 amide bonds. The fourth-order valence-electron chi connectivity index (χ4n) is 3.85. The molecule has 8 nitrogen and oxygen atoms in total. The third-order valence-electron chi connectivity index (χ3n) is 5.58. The largest absolute Gasteiger partial charge is 0.486 e. The van der Waals surface area contributed by atoms with Crippen LogP contribution in [-0.4, -0.2) is 58.1 Å². The molecule has 32 heavy (non-hydrogen) atoms. The number of carbonyl (C=O) groups excluding carboxylic acids is 1. The van der Waals surface area contributed by atoms with Crippen LogP contribution in [-0.2, 0) is 14.8 Å². The molecule has 2 heterocycles. The summed E-state index contributed by atoms with van der Waals surface area (Å²) in [7, 11) is -3.68. The van der Waals surface area contributed by atoms with Crippen LogP contribution in [0.4, 0.5) is 0 Å². The van der Waals surface area contributed by atoms with Gasteiger partial charge in [-0.05, 0) is 41.8 Å². The molecule has 4 rings (SSSR count). The Morgan fingerprint density at radius 2 is 1.69 bits per heavy atom. The Hall–Kier alpha value is -2.62. The number of nitrogens with zero attached hydrogens (tertiary/aromatic N) is 1. The summed E-state index contributed by atoms with van der Waals surface area (Å²) in [5.74, 6) is 1.11. The number of carbonyl (C=O) groups is 1. The number of ether oxygens (including phenoxy) is 3. The van der Waals surface area contributed by atoms with E-state index in [2.05, 4.69) is 5.32 Å². The maximum Gasteiger partial charge on any atom is 0.251 e. The third kappa shape index (κ3) is 4.74. The maximum atomic E-state index is 13.1. The number of benzene rings is 2. The highest BCUT2D eigenvalue weighted by Gasteiger charge is 2.28. The Morgan fingerprint density at radius 3 is 2.41 bits per heavy atom. The zero-order chi connectivity index (χ0) is 22.7. The van der Waals surface area contributed by atoms with Crippen molar-refractivity contribution >= 4 is 15.9 Å². The van der Waals surface area contributed by atoms with Crippen molar-refractivity contribution in [2.45, 2.75) is 24.8 Å². The van der Waals surface area contributed by atoms with Crippen molar-refractivity contribution in [3.63, 3.8) is 0 Å². The van der Waals surface area contributed by atoms with Crippen LogP contribution in [0.3, 0.4) is 0 Å². The van der Waals surface area contributed by atoms with Gasteiger partial charge in [0.05, 0.1) is 24.2 Å². The highest BCUT2D eigenvalue weighted by Crippen LogP contribution is 2.34. The van der Waals surface area contributed by atoms with E-state index in [-0.39, 0.29) is 22.8 Å². The second-order valence-corrected chi connectivity index (χ2v) is 10.1. The zero-order valence-electron chi connectivity index (χ0n) is 18.2. The molecule has 1 saturated heterocycles. The van der Waals surface area contributed by atoms with Crippen LogP contribution >= 0.6 is 0 Å². The van der Waals surface area contributed by atoms with Gasteiger partial charge in [0.15, 0.2) is 11.5 Å². The summed E-state index contributed by atoms with van der Waals surface area (Å²) in [6.07, 6.45) is 0. The smallest absolute Gasteiger partial charge is 0.251 e. The first-order valence-electron chi connectivity index (χ1n) is 10.7. The van der Waals surface area contributed by atoms with Crippen LogP contribution in [0.25, 0.3) is 0 Å². The molecule has 2 aliphatic heterocycles. The quantitative estimate of drug-likeness (QED) is 0.712. The normalized spacial score (nSPS) is 17.7. The molecule has 0 saturated carbocycles. The number of morpholine rings is 1. The molecule has 0 bridgehead atoms. The van der Waals surface area contributed by atoms with Gasteiger partial charge in [0.1, 0.15) is 13.2 Å². The van der Waals surface area contributed by atoms with Gasteiger partial charge in [-0.25, -0.2) is 8.42 Å². The first-order valence-corrected chi connectivity index (χ1v) is 12.2. The van der Waals surface area contributed by atoms with Crippen LogP contribution in [0.1, 0.15) is 35.8 Å². The molecule has 9 heteroatoms. The van der Waals surface area contributed by atoms with Crippen LogP contribution in [0, 0.1) is 5.92 Å². The van der Waals surface area contributed by atoms with Crippen molar-refractivity contribution in [3.8, 4) is 11.5 Å². The molecule has 1 unspecified atom stereocenters. The number of rotatable bonds is 6. The van der Waals surface area contributed by atoms with E-state index in [0.29, 0.717) is 56.6 Å². The number of fused-ring (bicyclic) bond motifs is 1. The van der Waals surface area contributed by atoms with E-state index < -0.39 is 10.0 Å². The molecule has 1 N–H and O–H groups in total. The summed E-state index contributed by atoms with van der Waals surface area (Å²) in [5.41, 5.74) is 1.19. The maximum absolute atomic E-state index is 13.1. The van der Waals surface area contributed by atoms with Crippen LogP contribution < -0.4 is 14.8 Å². The number of hydrogen-bond acceptors (Lipinski definition) is 6. The molecule has 2 aromatic carbocycles. The lowest BCUT2D eigenvalue weighted by atomic mass is 9.95. The average molecular weight is 461 g/mol. The van der Waals surface area contributed by atoms with Crippen LogP contribution in [0.5, 0.6) is 11.5 Å². The first-order chi connectivity index (χ1) is 15.4. The van der Waals surface area contributed by atoms with Crippen LogP contribution in [0.2, 0.25) is 0 Å². The van der Waals surface area contributed by atoms with Crippen molar-refractivity contribution in [3.05, 3.63) is 53.6 Å². The lowest BCUT2D eigenvalue weighted by Crippen LogP contribution is -2.40. The van der Waals surface area contributed by atoms with Crippen molar-refractivity contribution in [2.24, 2.45) is 5.92 Å². The molecular formula is C23H28N2O6S. The molecule has 1 atom stereocenters. The summed E-state index contributed by atoms with van der Waals surface area (Å²) in [4.78, 5) is 13.2. The minimum absolute atomic E-state index is 0.0989. The predicted octanol–water partition coefficient (Wildman–Crippen LogP) is 2.61. The fourth-order valence-corrected chi connectivity index (χ4v) is 5.30. The van der Waals surface area contributed by atoms with Gasteiger partial charge in [0.25, 0.3) is 5.91 Å². The zero-order valence-corrected chi connectivity index (χ0v) is 19.1. The van der Waals surface area contributed by atoms with Gasteiger partial charge in [-0.15, -0.1) is 0 Å². The second kappa shape index (κ2) is 9.48. The molecule has 0 radical (unpaired) electrons. The number of sulfonamides is 1. The summed E-state index contributed by atoms with van der Waals surface area (Å²) >= 11 is 0. The second-order valence-electron chi connectivity index (χ2n) is 8.14. The van der Waals surface area contributed by atoms with Gasteiger partial charge in [0, 0.05) is 18.7 Å². The van der Waals surface area contributed by atoms with Gasteiger partial charge < -0.3 is 19.5 Å². The summed E-state index contributed by atoms with van der Waals surface area (Å²) in [6, 6.07) is 11.5. The molecule has 2 aliphatic rings. The molecule has 0 aliphatic carbocycles. The highest BCUT2D eigenvalue weighted by atomic mass is 32.2. The van der Waals surface area contributed by atoms with Crippen molar-refractivity contribution in [1.82, 2.24) is 9.62 Å². The first kappa shape index (κ1) is 22.6. The average Bonchev–Trinajstić information content (AvgIpc) is 2.82. The minimum Gasteiger partial charge on any atom is -0.486 e. The standard InChI is InChI=1S/C23H28N2O6S/c1-16(2)22(17-6-7-20-21(15-17)31-13-12-30-20)24-23(26)18-4-3-5-19(14-18)32(27,28)25-8-10-29-11-9-25/h3-7,14-16,22H,8-13H2,1-2H3,(H,24,26). The van der Waals surface area contributed by atoms with Gasteiger partial charge in [0.2, 0.25) is 10.0 Å². The van der Waals surface area contributed by atoms with Gasteiger partial charge in [-0.2, -0.15) is 4.31 Å². The summed E-state index contributed by atoms with van der Waals surface area (Å²) < 4.78 is 43.8. The van der Waals surface area contributed by atoms with Crippen LogP contribution in [0.15, 0.2) is 47.4 Å². The molecule has 0 aromatic heterocycles. The number of nitrogens with one attached hydrogen (secondary N) is 1. The van der Waals surface area contributed by atoms with E-state index in [9.17, 15) is 13.2 Å². The predicted molar refractivity (Wildman–Crippen MR) is 118 cm³/mol. The Morgan fingerprint density at radius 1 is 0.969 bits per heavy atom. The van der Waals surface area contributed by atoms with Crippen molar-refractivity contribution in [2.75, 3.05) is 39.5 Å². The van der Waals surface area contributed by atoms with E-state index in [0.717, 1.165) is 5.56 Å². The van der Waals surface area contributed by atoms with Gasteiger partial charge in [-0.1, -0.05) is 26.0 Å². The molecule has 2 aromatic rings. The SMILES string of the molecule is CC(C)C(NC(=O)c1cccc(S(=O)(=O)N2CCOCC2)c1)c1ccc2c(c1)OCCO2. The third-order valence-corrected chi connectivity index (χ3v) is 7.48. The molecule has 1 fully saturated rings. The Kier molecular flexibility index (Phi) is 6.68. The van der Waals surface area contributed by atoms with Gasteiger partial charge in [-0.3, -0.25) is 4.79 Å². The minimum atomic E-state index is -3.68. The molecular weight excluding hydrogens is 432 g/mol. The van der Waals surface area contributed by atoms with E-state index in [1.165, 1.54) is 16.4 Å². The van der Waals surface area contributed by atoms with E-state index in [1.807, 2.05) is 32.0 Å². The number of amides is 1.